The molecule has 0 radical (unpaired) electrons. The Morgan fingerprint density at radius 2 is 2.26 bits per heavy atom. The third kappa shape index (κ3) is 3.48. The van der Waals surface area contributed by atoms with E-state index in [-0.39, 0.29) is 0 Å². The first kappa shape index (κ1) is 13.9. The number of rotatable bonds is 5. The first-order valence-corrected chi connectivity index (χ1v) is 7.22. The third-order valence-electron chi connectivity index (χ3n) is 2.55. The second-order valence-corrected chi connectivity index (χ2v) is 5.78. The van der Waals surface area contributed by atoms with E-state index in [1.54, 1.807) is 18.6 Å². The number of amides is 1. The molecule has 0 bridgehead atoms. The normalized spacial score (nSPS) is 10.2. The van der Waals surface area contributed by atoms with Gasteiger partial charge in [-0.1, -0.05) is 15.9 Å². The fraction of sp³-hybridized carbons (Fsp3) is 0.154. The Morgan fingerprint density at radius 3 is 2.89 bits per heavy atom. The summed E-state index contributed by atoms with van der Waals surface area (Å²) in [4.78, 5) is 12.1. The van der Waals surface area contributed by atoms with Crippen LogP contribution in [0.4, 0.5) is 5.69 Å². The average Bonchev–Trinajstić information content (AvgIpc) is 2.85. The minimum atomic E-state index is -0.400. The first-order chi connectivity index (χ1) is 9.10. The quantitative estimate of drug-likeness (QED) is 0.878. The second-order valence-electron chi connectivity index (χ2n) is 3.86. The maximum absolute atomic E-state index is 11.0. The lowest BCUT2D eigenvalue weighted by atomic mass is 10.2. The molecular formula is C13H13BrN2O2S. The molecule has 3 N–H and O–H groups in total. The van der Waals surface area contributed by atoms with Crippen molar-refractivity contribution in [3.8, 4) is 5.75 Å². The van der Waals surface area contributed by atoms with Crippen molar-refractivity contribution in [3.63, 3.8) is 0 Å². The topological polar surface area (TPSA) is 64.3 Å². The zero-order valence-electron chi connectivity index (χ0n) is 10.3. The van der Waals surface area contributed by atoms with Crippen LogP contribution in [0.3, 0.4) is 0 Å². The van der Waals surface area contributed by atoms with Crippen molar-refractivity contribution >= 4 is 38.9 Å². The number of primary amides is 1. The van der Waals surface area contributed by atoms with Crippen molar-refractivity contribution in [2.75, 3.05) is 12.4 Å². The number of carbonyl (C=O) groups excluding carboxylic acids is 1. The molecule has 0 spiro atoms. The maximum atomic E-state index is 11.0. The highest BCUT2D eigenvalue weighted by Crippen LogP contribution is 2.28. The number of hydrogen-bond acceptors (Lipinski definition) is 4. The molecule has 0 aliphatic carbocycles. The number of ether oxygens (including phenoxy) is 1. The summed E-state index contributed by atoms with van der Waals surface area (Å²) in [5.74, 6) is 0.373. The number of anilines is 1. The standard InChI is InChI=1S/C13H13BrN2O2S/c1-18-12-3-2-9(14)5-11(12)16-6-10-4-8(7-19-10)13(15)17/h2-5,7,16H,6H2,1H3,(H2,15,17). The van der Waals surface area contributed by atoms with Crippen LogP contribution in [0.2, 0.25) is 0 Å². The Bertz CT molecular complexity index is 598. The van der Waals surface area contributed by atoms with Gasteiger partial charge in [0.1, 0.15) is 5.75 Å². The molecule has 4 nitrogen and oxygen atoms in total. The van der Waals surface area contributed by atoms with Crippen molar-refractivity contribution in [2.24, 2.45) is 5.73 Å². The third-order valence-corrected chi connectivity index (χ3v) is 3.98. The lowest BCUT2D eigenvalue weighted by Crippen LogP contribution is -2.09. The van der Waals surface area contributed by atoms with Crippen LogP contribution in [-0.2, 0) is 6.54 Å². The zero-order chi connectivity index (χ0) is 13.8. The molecule has 2 aromatic rings. The van der Waals surface area contributed by atoms with E-state index in [1.807, 2.05) is 18.2 Å². The van der Waals surface area contributed by atoms with E-state index in [0.29, 0.717) is 12.1 Å². The summed E-state index contributed by atoms with van der Waals surface area (Å²) in [6.45, 7) is 0.616. The fourth-order valence-electron chi connectivity index (χ4n) is 1.60. The van der Waals surface area contributed by atoms with E-state index < -0.39 is 5.91 Å². The molecule has 0 unspecified atom stereocenters. The molecule has 100 valence electrons. The average molecular weight is 341 g/mol. The van der Waals surface area contributed by atoms with E-state index >= 15 is 0 Å². The SMILES string of the molecule is COc1ccc(Br)cc1NCc1cc(C(N)=O)cs1. The van der Waals surface area contributed by atoms with Gasteiger partial charge in [-0.2, -0.15) is 0 Å². The Balaban J connectivity index is 2.09. The van der Waals surface area contributed by atoms with Gasteiger partial charge in [-0.25, -0.2) is 0 Å². The first-order valence-electron chi connectivity index (χ1n) is 5.55. The van der Waals surface area contributed by atoms with Crippen LogP contribution in [0.25, 0.3) is 0 Å². The Kier molecular flexibility index (Phi) is 4.44. The van der Waals surface area contributed by atoms with Crippen molar-refractivity contribution < 1.29 is 9.53 Å². The Morgan fingerprint density at radius 1 is 1.47 bits per heavy atom. The van der Waals surface area contributed by atoms with E-state index in [1.165, 1.54) is 11.3 Å². The van der Waals surface area contributed by atoms with E-state index in [2.05, 4.69) is 21.2 Å². The van der Waals surface area contributed by atoms with Gasteiger partial charge < -0.3 is 15.8 Å². The molecule has 0 aliphatic rings. The van der Waals surface area contributed by atoms with Gasteiger partial charge in [0.25, 0.3) is 0 Å². The van der Waals surface area contributed by atoms with Gasteiger partial charge in [0.2, 0.25) is 5.91 Å². The van der Waals surface area contributed by atoms with Crippen LogP contribution in [-0.4, -0.2) is 13.0 Å². The molecule has 2 rings (SSSR count). The number of halogens is 1. The van der Waals surface area contributed by atoms with Gasteiger partial charge in [-0.15, -0.1) is 11.3 Å². The summed E-state index contributed by atoms with van der Waals surface area (Å²) in [5.41, 5.74) is 6.66. The monoisotopic (exact) mass is 340 g/mol. The lowest BCUT2D eigenvalue weighted by Gasteiger charge is -2.10. The maximum Gasteiger partial charge on any atom is 0.249 e. The number of nitrogens with one attached hydrogen (secondary N) is 1. The van der Waals surface area contributed by atoms with Crippen molar-refractivity contribution in [2.45, 2.75) is 6.54 Å². The molecule has 1 heterocycles. The van der Waals surface area contributed by atoms with Crippen LogP contribution in [0, 0.1) is 0 Å². The molecule has 1 amide bonds. The minimum Gasteiger partial charge on any atom is -0.495 e. The Hall–Kier alpha value is -1.53. The molecule has 0 saturated carbocycles. The predicted octanol–water partition coefficient (Wildman–Crippen LogP) is 3.23. The van der Waals surface area contributed by atoms with Gasteiger partial charge >= 0.3 is 0 Å². The van der Waals surface area contributed by atoms with Crippen LogP contribution in [0.5, 0.6) is 5.75 Å². The van der Waals surface area contributed by atoms with E-state index in [4.69, 9.17) is 10.5 Å². The van der Waals surface area contributed by atoms with Crippen molar-refractivity contribution in [1.29, 1.82) is 0 Å². The molecule has 19 heavy (non-hydrogen) atoms. The molecule has 0 saturated heterocycles. The summed E-state index contributed by atoms with van der Waals surface area (Å²) < 4.78 is 6.25. The molecule has 0 atom stereocenters. The number of hydrogen-bond donors (Lipinski definition) is 2. The molecule has 0 fully saturated rings. The number of thiophene rings is 1. The summed E-state index contributed by atoms with van der Waals surface area (Å²) in [6, 6.07) is 7.54. The number of methoxy groups -OCH3 is 1. The molecule has 1 aromatic heterocycles. The van der Waals surface area contributed by atoms with Gasteiger partial charge in [-0.3, -0.25) is 4.79 Å². The summed E-state index contributed by atoms with van der Waals surface area (Å²) in [6.07, 6.45) is 0. The molecule has 1 aromatic carbocycles. The van der Waals surface area contributed by atoms with Crippen LogP contribution < -0.4 is 15.8 Å². The largest absolute Gasteiger partial charge is 0.495 e. The highest BCUT2D eigenvalue weighted by atomic mass is 79.9. The van der Waals surface area contributed by atoms with Crippen LogP contribution in [0.1, 0.15) is 15.2 Å². The summed E-state index contributed by atoms with van der Waals surface area (Å²) in [5, 5.41) is 5.04. The highest BCUT2D eigenvalue weighted by Gasteiger charge is 2.07. The van der Waals surface area contributed by atoms with Gasteiger partial charge in [0, 0.05) is 21.3 Å². The highest BCUT2D eigenvalue weighted by molar-refractivity contribution is 9.10. The molecular weight excluding hydrogens is 328 g/mol. The van der Waals surface area contributed by atoms with Crippen LogP contribution >= 0.6 is 27.3 Å². The van der Waals surface area contributed by atoms with Gasteiger partial charge in [0.05, 0.1) is 18.4 Å². The molecule has 0 aliphatic heterocycles. The smallest absolute Gasteiger partial charge is 0.249 e. The zero-order valence-corrected chi connectivity index (χ0v) is 12.7. The van der Waals surface area contributed by atoms with Gasteiger partial charge in [-0.05, 0) is 24.3 Å². The molecule has 6 heteroatoms. The lowest BCUT2D eigenvalue weighted by molar-refractivity contribution is 0.100. The minimum absolute atomic E-state index is 0.400. The summed E-state index contributed by atoms with van der Waals surface area (Å²) in [7, 11) is 1.63. The van der Waals surface area contributed by atoms with Crippen molar-refractivity contribution in [1.82, 2.24) is 0 Å². The second kappa shape index (κ2) is 6.08. The predicted molar refractivity (Wildman–Crippen MR) is 80.9 cm³/mol. The Labute approximate surface area is 123 Å². The van der Waals surface area contributed by atoms with Gasteiger partial charge in [0.15, 0.2) is 0 Å². The van der Waals surface area contributed by atoms with E-state index in [0.717, 1.165) is 20.8 Å². The summed E-state index contributed by atoms with van der Waals surface area (Å²) >= 11 is 4.92. The van der Waals surface area contributed by atoms with E-state index in [9.17, 15) is 4.79 Å². The number of carbonyl (C=O) groups is 1. The number of benzene rings is 1. The van der Waals surface area contributed by atoms with Crippen molar-refractivity contribution in [3.05, 3.63) is 44.6 Å². The fourth-order valence-corrected chi connectivity index (χ4v) is 2.78. The number of nitrogens with two attached hydrogens (primary N) is 1. The van der Waals surface area contributed by atoms with Crippen LogP contribution in [0.15, 0.2) is 34.1 Å².